The minimum Gasteiger partial charge on any atom is -0.454 e. The molecule has 0 bridgehead atoms. The highest BCUT2D eigenvalue weighted by atomic mass is 16.7. The summed E-state index contributed by atoms with van der Waals surface area (Å²) < 4.78 is 10.7. The average molecular weight is 276 g/mol. The number of benzene rings is 1. The molecule has 1 N–H and O–H groups in total. The van der Waals surface area contributed by atoms with Gasteiger partial charge in [0.25, 0.3) is 0 Å². The van der Waals surface area contributed by atoms with Gasteiger partial charge in [0, 0.05) is 12.6 Å². The Balaban J connectivity index is 1.41. The summed E-state index contributed by atoms with van der Waals surface area (Å²) >= 11 is 0. The van der Waals surface area contributed by atoms with Crippen LogP contribution in [0.3, 0.4) is 0 Å². The maximum atomic E-state index is 5.40. The molecule has 1 atom stereocenters. The molecule has 2 aliphatic heterocycles. The van der Waals surface area contributed by atoms with Crippen molar-refractivity contribution >= 4 is 0 Å². The van der Waals surface area contributed by atoms with E-state index in [1.807, 2.05) is 6.07 Å². The molecule has 20 heavy (non-hydrogen) atoms. The molecule has 4 nitrogen and oxygen atoms in total. The Morgan fingerprint density at radius 3 is 3.05 bits per heavy atom. The fraction of sp³-hybridized carbons (Fsp3) is 0.625. The summed E-state index contributed by atoms with van der Waals surface area (Å²) in [6, 6.07) is 6.93. The Hall–Kier alpha value is -1.26. The van der Waals surface area contributed by atoms with E-state index in [4.69, 9.17) is 9.47 Å². The van der Waals surface area contributed by atoms with Crippen LogP contribution in [0, 0.1) is 0 Å². The molecule has 1 unspecified atom stereocenters. The van der Waals surface area contributed by atoms with Crippen molar-refractivity contribution in [1.82, 2.24) is 10.2 Å². The van der Waals surface area contributed by atoms with Gasteiger partial charge in [-0.2, -0.15) is 0 Å². The van der Waals surface area contributed by atoms with E-state index < -0.39 is 0 Å². The predicted molar refractivity (Wildman–Crippen MR) is 79.2 cm³/mol. The summed E-state index contributed by atoms with van der Waals surface area (Å²) in [5, 5.41) is 3.54. The van der Waals surface area contributed by atoms with Gasteiger partial charge in [-0.25, -0.2) is 0 Å². The normalized spacial score (nSPS) is 22.1. The number of rotatable bonds is 5. The topological polar surface area (TPSA) is 33.7 Å². The van der Waals surface area contributed by atoms with Gasteiger partial charge in [0.05, 0.1) is 0 Å². The Morgan fingerprint density at radius 2 is 2.15 bits per heavy atom. The number of likely N-dealkylation sites (tertiary alicyclic amines) is 1. The lowest BCUT2D eigenvalue weighted by Crippen LogP contribution is -2.38. The summed E-state index contributed by atoms with van der Waals surface area (Å²) in [4.78, 5) is 2.51. The van der Waals surface area contributed by atoms with E-state index in [0.29, 0.717) is 6.79 Å². The monoisotopic (exact) mass is 276 g/mol. The second-order valence-corrected chi connectivity index (χ2v) is 5.78. The molecule has 1 saturated heterocycles. The third-order valence-corrected chi connectivity index (χ3v) is 4.34. The molecule has 0 aliphatic carbocycles. The van der Waals surface area contributed by atoms with E-state index in [9.17, 15) is 0 Å². The first-order valence-corrected chi connectivity index (χ1v) is 7.62. The lowest BCUT2D eigenvalue weighted by atomic mass is 10.0. The molecular formula is C16H24N2O2. The molecule has 3 rings (SSSR count). The van der Waals surface area contributed by atoms with Crippen molar-refractivity contribution in [2.24, 2.45) is 0 Å². The Kier molecular flexibility index (Phi) is 4.43. The molecule has 0 amide bonds. The smallest absolute Gasteiger partial charge is 0.231 e. The molecule has 2 heterocycles. The fourth-order valence-electron chi connectivity index (χ4n) is 3.06. The number of hydrogen-bond acceptors (Lipinski definition) is 4. The maximum Gasteiger partial charge on any atom is 0.231 e. The summed E-state index contributed by atoms with van der Waals surface area (Å²) in [7, 11) is 2.25. The van der Waals surface area contributed by atoms with E-state index >= 15 is 0 Å². The van der Waals surface area contributed by atoms with Crippen LogP contribution in [-0.2, 0) is 6.54 Å². The predicted octanol–water partition coefficient (Wildman–Crippen LogP) is 2.38. The molecule has 4 heteroatoms. The first kappa shape index (κ1) is 13.7. The third-order valence-electron chi connectivity index (χ3n) is 4.34. The Morgan fingerprint density at radius 1 is 1.25 bits per heavy atom. The van der Waals surface area contributed by atoms with Crippen LogP contribution in [0.15, 0.2) is 18.2 Å². The molecule has 0 spiro atoms. The van der Waals surface area contributed by atoms with E-state index in [-0.39, 0.29) is 0 Å². The van der Waals surface area contributed by atoms with E-state index in [1.54, 1.807) is 0 Å². The summed E-state index contributed by atoms with van der Waals surface area (Å²) in [6.45, 7) is 3.57. The Bertz CT molecular complexity index is 450. The zero-order chi connectivity index (χ0) is 13.8. The van der Waals surface area contributed by atoms with Crippen LogP contribution >= 0.6 is 0 Å². The number of piperidine rings is 1. The fourth-order valence-corrected chi connectivity index (χ4v) is 3.06. The number of hydrogen-bond donors (Lipinski definition) is 1. The van der Waals surface area contributed by atoms with Gasteiger partial charge in [0.1, 0.15) is 0 Å². The lowest BCUT2D eigenvalue weighted by Gasteiger charge is -2.32. The van der Waals surface area contributed by atoms with Crippen LogP contribution in [0.2, 0.25) is 0 Å². The number of ether oxygens (including phenoxy) is 2. The van der Waals surface area contributed by atoms with Crippen LogP contribution in [-0.4, -0.2) is 37.9 Å². The standard InChI is InChI=1S/C16H24N2O2/c1-18-9-3-2-4-14(18)7-8-17-11-13-5-6-15-16(10-13)20-12-19-15/h5-6,10,14,17H,2-4,7-9,11-12H2,1H3. The zero-order valence-electron chi connectivity index (χ0n) is 12.2. The van der Waals surface area contributed by atoms with E-state index in [1.165, 1.54) is 37.8 Å². The first-order valence-electron chi connectivity index (χ1n) is 7.62. The summed E-state index contributed by atoms with van der Waals surface area (Å²) in [6.07, 6.45) is 5.33. The van der Waals surface area contributed by atoms with Gasteiger partial charge in [-0.3, -0.25) is 0 Å². The van der Waals surface area contributed by atoms with Crippen LogP contribution in [0.5, 0.6) is 11.5 Å². The van der Waals surface area contributed by atoms with E-state index in [2.05, 4.69) is 29.4 Å². The molecule has 0 aromatic heterocycles. The van der Waals surface area contributed by atoms with Gasteiger partial charge in [-0.15, -0.1) is 0 Å². The van der Waals surface area contributed by atoms with Crippen molar-refractivity contribution in [3.8, 4) is 11.5 Å². The largest absolute Gasteiger partial charge is 0.454 e. The number of nitrogens with one attached hydrogen (secondary N) is 1. The van der Waals surface area contributed by atoms with Crippen molar-refractivity contribution in [3.05, 3.63) is 23.8 Å². The van der Waals surface area contributed by atoms with E-state index in [0.717, 1.165) is 30.6 Å². The molecule has 0 saturated carbocycles. The average Bonchev–Trinajstić information content (AvgIpc) is 2.93. The summed E-state index contributed by atoms with van der Waals surface area (Å²) in [5.74, 6) is 1.73. The van der Waals surface area contributed by atoms with Gasteiger partial charge < -0.3 is 19.7 Å². The second kappa shape index (κ2) is 6.46. The zero-order valence-corrected chi connectivity index (χ0v) is 12.2. The molecule has 1 aromatic carbocycles. The lowest BCUT2D eigenvalue weighted by molar-refractivity contribution is 0.174. The van der Waals surface area contributed by atoms with Crippen molar-refractivity contribution in [2.45, 2.75) is 38.3 Å². The molecule has 1 aromatic rings. The van der Waals surface area contributed by atoms with Crippen molar-refractivity contribution < 1.29 is 9.47 Å². The molecule has 110 valence electrons. The molecule has 0 radical (unpaired) electrons. The minimum absolute atomic E-state index is 0.347. The Labute approximate surface area is 121 Å². The van der Waals surface area contributed by atoms with Gasteiger partial charge in [0.2, 0.25) is 6.79 Å². The quantitative estimate of drug-likeness (QED) is 0.837. The second-order valence-electron chi connectivity index (χ2n) is 5.78. The van der Waals surface area contributed by atoms with Crippen molar-refractivity contribution in [1.29, 1.82) is 0 Å². The summed E-state index contributed by atoms with van der Waals surface area (Å²) in [5.41, 5.74) is 1.26. The SMILES string of the molecule is CN1CCCCC1CCNCc1ccc2c(c1)OCO2. The van der Waals surface area contributed by atoms with Crippen molar-refractivity contribution in [2.75, 3.05) is 26.9 Å². The molecular weight excluding hydrogens is 252 g/mol. The van der Waals surface area contributed by atoms with Gasteiger partial charge in [-0.1, -0.05) is 12.5 Å². The van der Waals surface area contributed by atoms with Crippen LogP contribution in [0.25, 0.3) is 0 Å². The highest BCUT2D eigenvalue weighted by Crippen LogP contribution is 2.32. The van der Waals surface area contributed by atoms with Crippen LogP contribution in [0.4, 0.5) is 0 Å². The van der Waals surface area contributed by atoms with Crippen LogP contribution in [0.1, 0.15) is 31.2 Å². The van der Waals surface area contributed by atoms with Gasteiger partial charge >= 0.3 is 0 Å². The maximum absolute atomic E-state index is 5.40. The van der Waals surface area contributed by atoms with Gasteiger partial charge in [-0.05, 0) is 57.1 Å². The third kappa shape index (κ3) is 3.25. The van der Waals surface area contributed by atoms with Gasteiger partial charge in [0.15, 0.2) is 11.5 Å². The molecule has 2 aliphatic rings. The minimum atomic E-state index is 0.347. The highest BCUT2D eigenvalue weighted by Gasteiger charge is 2.18. The van der Waals surface area contributed by atoms with Crippen molar-refractivity contribution in [3.63, 3.8) is 0 Å². The number of fused-ring (bicyclic) bond motifs is 1. The number of nitrogens with zero attached hydrogens (tertiary/aromatic N) is 1. The highest BCUT2D eigenvalue weighted by molar-refractivity contribution is 5.44. The van der Waals surface area contributed by atoms with Crippen LogP contribution < -0.4 is 14.8 Å². The first-order chi connectivity index (χ1) is 9.83. The molecule has 1 fully saturated rings.